The molecular weight excluding hydrogens is 560 g/mol. The minimum Gasteiger partial charge on any atom is -0.481 e. The van der Waals surface area contributed by atoms with E-state index in [0.717, 1.165) is 22.3 Å². The highest BCUT2D eigenvalue weighted by Gasteiger charge is 2.36. The number of nitrogens with one attached hydrogen (secondary N) is 1. The summed E-state index contributed by atoms with van der Waals surface area (Å²) in [5, 5.41) is 12.5. The van der Waals surface area contributed by atoms with Crippen molar-refractivity contribution in [3.8, 4) is 11.1 Å². The number of thioether (sulfide) groups is 1. The Bertz CT molecular complexity index is 1500. The molecule has 2 N–H and O–H groups in total. The van der Waals surface area contributed by atoms with Gasteiger partial charge in [-0.05, 0) is 70.2 Å². The molecule has 39 heavy (non-hydrogen) atoms. The third-order valence-electron chi connectivity index (χ3n) is 5.50. The Kier molecular flexibility index (Phi) is 8.21. The van der Waals surface area contributed by atoms with E-state index in [1.54, 1.807) is 23.6 Å². The number of carbonyl (C=O) groups is 4. The lowest BCUT2D eigenvalue weighted by Gasteiger charge is -2.12. The maximum absolute atomic E-state index is 13.6. The van der Waals surface area contributed by atoms with Crippen LogP contribution in [-0.4, -0.2) is 39.6 Å². The lowest BCUT2D eigenvalue weighted by atomic mass is 10.0. The molecule has 1 aromatic heterocycles. The van der Waals surface area contributed by atoms with Gasteiger partial charge in [0.05, 0.1) is 16.9 Å². The SMILES string of the molecule is O=C(O)Cc1cccc(NC(=O)CCN2C(=O)SC(=Cc3cc(-c4ccc(F)c(C(F)(F)F)c4)cs3)C2=O)c1. The molecule has 0 saturated carbocycles. The predicted octanol–water partition coefficient (Wildman–Crippen LogP) is 6.27. The zero-order valence-corrected chi connectivity index (χ0v) is 21.4. The zero-order chi connectivity index (χ0) is 28.3. The molecule has 0 unspecified atom stereocenters. The molecule has 3 aromatic rings. The van der Waals surface area contributed by atoms with Crippen molar-refractivity contribution in [3.05, 3.63) is 80.6 Å². The molecule has 0 aliphatic carbocycles. The lowest BCUT2D eigenvalue weighted by Crippen LogP contribution is -2.31. The van der Waals surface area contributed by atoms with Crippen LogP contribution in [0.25, 0.3) is 17.2 Å². The van der Waals surface area contributed by atoms with Gasteiger partial charge in [0.15, 0.2) is 0 Å². The maximum atomic E-state index is 13.6. The monoisotopic (exact) mass is 578 g/mol. The second kappa shape index (κ2) is 11.4. The Morgan fingerprint density at radius 2 is 1.82 bits per heavy atom. The van der Waals surface area contributed by atoms with Crippen LogP contribution in [0.2, 0.25) is 0 Å². The Balaban J connectivity index is 1.40. The van der Waals surface area contributed by atoms with Crippen LogP contribution >= 0.6 is 23.1 Å². The molecule has 0 spiro atoms. The van der Waals surface area contributed by atoms with Crippen LogP contribution in [0.15, 0.2) is 58.8 Å². The van der Waals surface area contributed by atoms with Gasteiger partial charge in [0.2, 0.25) is 5.91 Å². The molecule has 1 fully saturated rings. The highest BCUT2D eigenvalue weighted by atomic mass is 32.2. The van der Waals surface area contributed by atoms with E-state index in [1.807, 2.05) is 0 Å². The zero-order valence-electron chi connectivity index (χ0n) is 19.8. The number of alkyl halides is 3. The van der Waals surface area contributed by atoms with E-state index in [-0.39, 0.29) is 29.9 Å². The van der Waals surface area contributed by atoms with Crippen molar-refractivity contribution < 1.29 is 41.8 Å². The predicted molar refractivity (Wildman–Crippen MR) is 138 cm³/mol. The minimum atomic E-state index is -4.85. The van der Waals surface area contributed by atoms with Gasteiger partial charge in [-0.15, -0.1) is 11.3 Å². The van der Waals surface area contributed by atoms with Gasteiger partial charge in [-0.3, -0.25) is 24.1 Å². The third kappa shape index (κ3) is 6.92. The van der Waals surface area contributed by atoms with Crippen LogP contribution in [0.4, 0.5) is 28.0 Å². The van der Waals surface area contributed by atoms with Crippen LogP contribution in [-0.2, 0) is 27.0 Å². The van der Waals surface area contributed by atoms with Crippen LogP contribution in [0.3, 0.4) is 0 Å². The summed E-state index contributed by atoms with van der Waals surface area (Å²) in [6.07, 6.45) is -3.82. The molecule has 3 amide bonds. The largest absolute Gasteiger partial charge is 0.481 e. The van der Waals surface area contributed by atoms with E-state index >= 15 is 0 Å². The molecule has 2 heterocycles. The second-order valence-electron chi connectivity index (χ2n) is 8.33. The van der Waals surface area contributed by atoms with Crippen molar-refractivity contribution in [1.29, 1.82) is 0 Å². The van der Waals surface area contributed by atoms with Gasteiger partial charge < -0.3 is 10.4 Å². The first-order chi connectivity index (χ1) is 18.4. The first kappa shape index (κ1) is 28.0. The number of imide groups is 1. The van der Waals surface area contributed by atoms with Crippen molar-refractivity contribution in [2.75, 3.05) is 11.9 Å². The summed E-state index contributed by atoms with van der Waals surface area (Å²) >= 11 is 1.80. The highest BCUT2D eigenvalue weighted by Crippen LogP contribution is 2.37. The molecule has 1 aliphatic heterocycles. The average molecular weight is 579 g/mol. The number of amides is 3. The first-order valence-corrected chi connectivity index (χ1v) is 12.9. The van der Waals surface area contributed by atoms with Gasteiger partial charge in [-0.25, -0.2) is 4.39 Å². The van der Waals surface area contributed by atoms with Crippen LogP contribution < -0.4 is 5.32 Å². The molecule has 0 bridgehead atoms. The lowest BCUT2D eigenvalue weighted by molar-refractivity contribution is -0.140. The van der Waals surface area contributed by atoms with E-state index in [1.165, 1.54) is 24.3 Å². The molecule has 2 aromatic carbocycles. The third-order valence-corrected chi connectivity index (χ3v) is 7.29. The van der Waals surface area contributed by atoms with E-state index in [0.29, 0.717) is 39.5 Å². The summed E-state index contributed by atoms with van der Waals surface area (Å²) < 4.78 is 52.7. The smallest absolute Gasteiger partial charge is 0.419 e. The number of rotatable bonds is 8. The average Bonchev–Trinajstić information content (AvgIpc) is 3.41. The summed E-state index contributed by atoms with van der Waals surface area (Å²) in [5.41, 5.74) is 0.0244. The van der Waals surface area contributed by atoms with E-state index in [4.69, 9.17) is 5.11 Å². The van der Waals surface area contributed by atoms with Crippen LogP contribution in [0.1, 0.15) is 22.4 Å². The van der Waals surface area contributed by atoms with Gasteiger partial charge in [0.1, 0.15) is 5.82 Å². The molecule has 202 valence electrons. The van der Waals surface area contributed by atoms with Crippen molar-refractivity contribution in [1.82, 2.24) is 4.90 Å². The second-order valence-corrected chi connectivity index (χ2v) is 10.3. The van der Waals surface area contributed by atoms with E-state index in [9.17, 15) is 36.7 Å². The standard InChI is InChI=1S/C26H18F4N2O5S2/c27-20-5-4-15(11-19(20)26(28,29)30)16-10-18(38-13-16)12-21-24(36)32(25(37)39-21)7-6-22(33)31-17-3-1-2-14(8-17)9-23(34)35/h1-5,8,10-13H,6-7,9H2,(H,31,33)(H,34,35). The number of thiophene rings is 1. The van der Waals surface area contributed by atoms with Crippen molar-refractivity contribution in [3.63, 3.8) is 0 Å². The van der Waals surface area contributed by atoms with Crippen molar-refractivity contribution in [2.45, 2.75) is 19.0 Å². The number of halogens is 4. The molecule has 1 saturated heterocycles. The van der Waals surface area contributed by atoms with E-state index in [2.05, 4.69) is 5.32 Å². The van der Waals surface area contributed by atoms with Gasteiger partial charge in [0.25, 0.3) is 11.1 Å². The molecular formula is C26H18F4N2O5S2. The summed E-state index contributed by atoms with van der Waals surface area (Å²) in [6, 6.07) is 10.5. The van der Waals surface area contributed by atoms with Gasteiger partial charge >= 0.3 is 12.1 Å². The fourth-order valence-corrected chi connectivity index (χ4v) is 5.47. The summed E-state index contributed by atoms with van der Waals surface area (Å²) in [5.74, 6) is -3.49. The summed E-state index contributed by atoms with van der Waals surface area (Å²) in [7, 11) is 0. The summed E-state index contributed by atoms with van der Waals surface area (Å²) in [6.45, 7) is -0.186. The first-order valence-electron chi connectivity index (χ1n) is 11.2. The van der Waals surface area contributed by atoms with Crippen molar-refractivity contribution >= 4 is 57.9 Å². The van der Waals surface area contributed by atoms with Gasteiger partial charge in [0, 0.05) is 23.5 Å². The Morgan fingerprint density at radius 1 is 1.05 bits per heavy atom. The summed E-state index contributed by atoms with van der Waals surface area (Å²) in [4.78, 5) is 49.9. The van der Waals surface area contributed by atoms with Gasteiger partial charge in [-0.2, -0.15) is 13.2 Å². The molecule has 4 rings (SSSR count). The number of hydrogen-bond acceptors (Lipinski definition) is 6. The molecule has 0 atom stereocenters. The quantitative estimate of drug-likeness (QED) is 0.241. The van der Waals surface area contributed by atoms with Crippen molar-refractivity contribution in [2.24, 2.45) is 0 Å². The number of aliphatic carboxylic acids is 1. The normalized spacial score (nSPS) is 14.8. The van der Waals surface area contributed by atoms with Gasteiger partial charge in [-0.1, -0.05) is 18.2 Å². The Morgan fingerprint density at radius 3 is 2.54 bits per heavy atom. The molecule has 0 radical (unpaired) electrons. The Labute approximate surface area is 227 Å². The van der Waals surface area contributed by atoms with E-state index < -0.39 is 40.6 Å². The highest BCUT2D eigenvalue weighted by molar-refractivity contribution is 8.18. The fraction of sp³-hybridized carbons (Fsp3) is 0.154. The maximum Gasteiger partial charge on any atom is 0.419 e. The fourth-order valence-electron chi connectivity index (χ4n) is 3.69. The number of benzene rings is 2. The minimum absolute atomic E-state index is 0.0882. The number of hydrogen-bond donors (Lipinski definition) is 2. The number of anilines is 1. The van der Waals surface area contributed by atoms with Crippen LogP contribution in [0.5, 0.6) is 0 Å². The molecule has 13 heteroatoms. The Hall–Kier alpha value is -3.97. The number of nitrogens with zero attached hydrogens (tertiary/aromatic N) is 1. The number of carboxylic acids is 1. The molecule has 7 nitrogen and oxygen atoms in total. The van der Waals surface area contributed by atoms with Crippen LogP contribution in [0, 0.1) is 5.82 Å². The topological polar surface area (TPSA) is 104 Å². The number of carboxylic acid groups (broad SMARTS) is 1. The molecule has 1 aliphatic rings. The number of carbonyl (C=O) groups excluding carboxylic acids is 3.